The Morgan fingerprint density at radius 3 is 1.73 bits per heavy atom. The quantitative estimate of drug-likeness (QED) is 0.196. The van der Waals surface area contributed by atoms with Crippen LogP contribution in [0.4, 0.5) is 0 Å². The first-order chi connectivity index (χ1) is 12.7. The first kappa shape index (κ1) is 25.1. The molecule has 1 atom stereocenters. The van der Waals surface area contributed by atoms with Crippen LogP contribution in [-0.2, 0) is 9.59 Å². The summed E-state index contributed by atoms with van der Waals surface area (Å²) in [6.07, 6.45) is 20.7. The van der Waals surface area contributed by atoms with Crippen molar-refractivity contribution in [3.63, 3.8) is 0 Å². The molecule has 0 aliphatic rings. The number of hydrogen-bond acceptors (Lipinski definition) is 3. The van der Waals surface area contributed by atoms with Crippen LogP contribution in [0.1, 0.15) is 116 Å². The number of aldehydes is 1. The zero-order valence-corrected chi connectivity index (χ0v) is 17.1. The van der Waals surface area contributed by atoms with E-state index in [1.807, 2.05) is 0 Å². The fourth-order valence-corrected chi connectivity index (χ4v) is 3.44. The SMILES string of the molecule is CCC[C@H](CC(=O)O)NCCCCCCCCCCCCCCCC=O. The molecule has 4 heteroatoms. The Labute approximate surface area is 161 Å². The molecule has 26 heavy (non-hydrogen) atoms. The number of hydrogen-bond donors (Lipinski definition) is 2. The highest BCUT2D eigenvalue weighted by Gasteiger charge is 2.10. The Balaban J connectivity index is 3.23. The van der Waals surface area contributed by atoms with Crippen LogP contribution >= 0.6 is 0 Å². The molecular formula is C22H43NO3. The molecule has 4 nitrogen and oxygen atoms in total. The van der Waals surface area contributed by atoms with Gasteiger partial charge in [-0.1, -0.05) is 84.0 Å². The average Bonchev–Trinajstić information content (AvgIpc) is 2.61. The summed E-state index contributed by atoms with van der Waals surface area (Å²) in [6, 6.07) is 0.141. The zero-order chi connectivity index (χ0) is 19.3. The van der Waals surface area contributed by atoms with Crippen molar-refractivity contribution in [2.45, 2.75) is 122 Å². The Morgan fingerprint density at radius 1 is 0.846 bits per heavy atom. The molecule has 0 aromatic carbocycles. The minimum Gasteiger partial charge on any atom is -0.481 e. The fourth-order valence-electron chi connectivity index (χ4n) is 3.44. The van der Waals surface area contributed by atoms with Crippen LogP contribution < -0.4 is 5.32 Å². The highest BCUT2D eigenvalue weighted by Crippen LogP contribution is 2.12. The van der Waals surface area contributed by atoms with Crippen molar-refractivity contribution < 1.29 is 14.7 Å². The molecule has 2 N–H and O–H groups in total. The summed E-state index contributed by atoms with van der Waals surface area (Å²) in [5.74, 6) is -0.700. The molecule has 0 aromatic heterocycles. The maximum atomic E-state index is 10.8. The molecular weight excluding hydrogens is 326 g/mol. The van der Waals surface area contributed by atoms with Crippen molar-refractivity contribution in [2.75, 3.05) is 6.54 Å². The number of unbranched alkanes of at least 4 members (excludes halogenated alkanes) is 13. The number of aliphatic carboxylic acids is 1. The molecule has 0 heterocycles. The third-order valence-electron chi connectivity index (χ3n) is 4.99. The Kier molecular flexibility index (Phi) is 19.7. The summed E-state index contributed by atoms with van der Waals surface area (Å²) >= 11 is 0. The van der Waals surface area contributed by atoms with Crippen molar-refractivity contribution >= 4 is 12.3 Å². The van der Waals surface area contributed by atoms with Gasteiger partial charge in [-0.3, -0.25) is 4.79 Å². The predicted octanol–water partition coefficient (Wildman–Crippen LogP) is 5.88. The van der Waals surface area contributed by atoms with E-state index in [1.54, 1.807) is 0 Å². The molecule has 154 valence electrons. The predicted molar refractivity (Wildman–Crippen MR) is 110 cm³/mol. The summed E-state index contributed by atoms with van der Waals surface area (Å²) < 4.78 is 0. The number of rotatable bonds is 21. The molecule has 0 bridgehead atoms. The van der Waals surface area contributed by atoms with Gasteiger partial charge in [0.05, 0.1) is 6.42 Å². The minimum atomic E-state index is -0.700. The number of carbonyl (C=O) groups excluding carboxylic acids is 1. The Morgan fingerprint density at radius 2 is 1.31 bits per heavy atom. The summed E-state index contributed by atoms with van der Waals surface area (Å²) in [5, 5.41) is 12.3. The first-order valence-electron chi connectivity index (χ1n) is 11.1. The molecule has 0 rings (SSSR count). The van der Waals surface area contributed by atoms with Crippen LogP contribution in [-0.4, -0.2) is 29.9 Å². The lowest BCUT2D eigenvalue weighted by atomic mass is 10.0. The average molecular weight is 370 g/mol. The largest absolute Gasteiger partial charge is 0.481 e. The van der Waals surface area contributed by atoms with Crippen LogP contribution in [0.25, 0.3) is 0 Å². The van der Waals surface area contributed by atoms with Crippen LogP contribution in [0.2, 0.25) is 0 Å². The molecule has 0 spiro atoms. The summed E-state index contributed by atoms with van der Waals surface area (Å²) in [5.41, 5.74) is 0. The van der Waals surface area contributed by atoms with E-state index < -0.39 is 5.97 Å². The second-order valence-electron chi connectivity index (χ2n) is 7.59. The van der Waals surface area contributed by atoms with E-state index >= 15 is 0 Å². The van der Waals surface area contributed by atoms with Gasteiger partial charge in [-0.25, -0.2) is 0 Å². The highest BCUT2D eigenvalue weighted by atomic mass is 16.4. The highest BCUT2D eigenvalue weighted by molar-refractivity contribution is 5.67. The van der Waals surface area contributed by atoms with Gasteiger partial charge in [0.1, 0.15) is 6.29 Å². The molecule has 0 unspecified atom stereocenters. The van der Waals surface area contributed by atoms with Crippen molar-refractivity contribution in [3.8, 4) is 0 Å². The third kappa shape index (κ3) is 19.4. The molecule has 0 amide bonds. The van der Waals surface area contributed by atoms with Crippen LogP contribution in [0.15, 0.2) is 0 Å². The second kappa shape index (κ2) is 20.4. The maximum absolute atomic E-state index is 10.8. The lowest BCUT2D eigenvalue weighted by Crippen LogP contribution is -2.32. The van der Waals surface area contributed by atoms with Crippen molar-refractivity contribution in [2.24, 2.45) is 0 Å². The third-order valence-corrected chi connectivity index (χ3v) is 4.99. The van der Waals surface area contributed by atoms with Crippen molar-refractivity contribution in [3.05, 3.63) is 0 Å². The van der Waals surface area contributed by atoms with E-state index in [9.17, 15) is 9.59 Å². The lowest BCUT2D eigenvalue weighted by molar-refractivity contribution is -0.137. The van der Waals surface area contributed by atoms with Crippen LogP contribution in [0, 0.1) is 0 Å². The first-order valence-corrected chi connectivity index (χ1v) is 11.1. The second-order valence-corrected chi connectivity index (χ2v) is 7.59. The topological polar surface area (TPSA) is 66.4 Å². The summed E-state index contributed by atoms with van der Waals surface area (Å²) in [6.45, 7) is 3.05. The molecule has 0 aliphatic carbocycles. The van der Waals surface area contributed by atoms with Gasteiger partial charge in [0.15, 0.2) is 0 Å². The fraction of sp³-hybridized carbons (Fsp3) is 0.909. The standard InChI is InChI=1S/C22H43NO3/c1-2-17-21(20-22(25)26)23-18-15-13-11-9-7-5-3-4-6-8-10-12-14-16-19-24/h19,21,23H,2-18,20H2,1H3,(H,25,26)/t21-/m1/s1. The van der Waals surface area contributed by atoms with Gasteiger partial charge in [0.2, 0.25) is 0 Å². The van der Waals surface area contributed by atoms with Gasteiger partial charge in [-0.15, -0.1) is 0 Å². The molecule has 0 saturated heterocycles. The van der Waals surface area contributed by atoms with Gasteiger partial charge in [-0.05, 0) is 25.8 Å². The lowest BCUT2D eigenvalue weighted by Gasteiger charge is -2.15. The number of carboxylic acids is 1. The van der Waals surface area contributed by atoms with Crippen LogP contribution in [0.5, 0.6) is 0 Å². The summed E-state index contributed by atoms with van der Waals surface area (Å²) in [4.78, 5) is 21.0. The molecule has 0 fully saturated rings. The van der Waals surface area contributed by atoms with Gasteiger partial charge >= 0.3 is 5.97 Å². The van der Waals surface area contributed by atoms with Gasteiger partial charge in [0.25, 0.3) is 0 Å². The minimum absolute atomic E-state index is 0.141. The maximum Gasteiger partial charge on any atom is 0.304 e. The number of carboxylic acid groups (broad SMARTS) is 1. The van der Waals surface area contributed by atoms with E-state index in [-0.39, 0.29) is 12.5 Å². The smallest absolute Gasteiger partial charge is 0.304 e. The normalized spacial score (nSPS) is 12.2. The van der Waals surface area contributed by atoms with E-state index in [1.165, 1.54) is 70.6 Å². The molecule has 0 aliphatic heterocycles. The van der Waals surface area contributed by atoms with E-state index in [0.29, 0.717) is 0 Å². The van der Waals surface area contributed by atoms with E-state index in [4.69, 9.17) is 5.11 Å². The molecule has 0 saturated carbocycles. The molecule has 0 aromatic rings. The van der Waals surface area contributed by atoms with Gasteiger partial charge in [-0.2, -0.15) is 0 Å². The van der Waals surface area contributed by atoms with Crippen molar-refractivity contribution in [1.29, 1.82) is 0 Å². The van der Waals surface area contributed by atoms with Gasteiger partial charge in [0, 0.05) is 12.5 Å². The number of nitrogens with one attached hydrogen (secondary N) is 1. The molecule has 0 radical (unpaired) electrons. The van der Waals surface area contributed by atoms with Gasteiger partial charge < -0.3 is 15.2 Å². The van der Waals surface area contributed by atoms with Crippen molar-refractivity contribution in [1.82, 2.24) is 5.32 Å². The van der Waals surface area contributed by atoms with E-state index in [0.717, 1.165) is 44.9 Å². The van der Waals surface area contributed by atoms with Crippen LogP contribution in [0.3, 0.4) is 0 Å². The zero-order valence-electron chi connectivity index (χ0n) is 17.1. The Hall–Kier alpha value is -0.900. The van der Waals surface area contributed by atoms with E-state index in [2.05, 4.69) is 12.2 Å². The number of carbonyl (C=O) groups is 2. The monoisotopic (exact) mass is 369 g/mol. The Bertz CT molecular complexity index is 321. The summed E-state index contributed by atoms with van der Waals surface area (Å²) in [7, 11) is 0.